The van der Waals surface area contributed by atoms with Gasteiger partial charge in [-0.1, -0.05) is 6.92 Å². The van der Waals surface area contributed by atoms with Crippen molar-refractivity contribution >= 4 is 11.6 Å². The predicted molar refractivity (Wildman–Crippen MR) is 96.4 cm³/mol. The number of carbonyl (C=O) groups is 1. The van der Waals surface area contributed by atoms with E-state index in [1.807, 2.05) is 0 Å². The quantitative estimate of drug-likeness (QED) is 0.658. The third kappa shape index (κ3) is 3.36. The molecular formula is C19H20F3N5O2. The van der Waals surface area contributed by atoms with Gasteiger partial charge in [0.2, 0.25) is 5.76 Å². The monoisotopic (exact) mass is 407 g/mol. The number of halogens is 3. The number of likely N-dealkylation sites (tertiary alicyclic amines) is 1. The van der Waals surface area contributed by atoms with Crippen molar-refractivity contribution in [2.24, 2.45) is 0 Å². The SMILES string of the molecule is CCc1cc(C(F)(F)F)n2nc([C@@H]3CCCN3C(=O)c3oc(C)nc3C)cc2n1. The van der Waals surface area contributed by atoms with Crippen molar-refractivity contribution in [2.75, 3.05) is 6.54 Å². The van der Waals surface area contributed by atoms with Gasteiger partial charge in [-0.2, -0.15) is 18.3 Å². The van der Waals surface area contributed by atoms with Crippen LogP contribution in [0.4, 0.5) is 13.2 Å². The van der Waals surface area contributed by atoms with Gasteiger partial charge in [0, 0.05) is 25.2 Å². The fourth-order valence-electron chi connectivity index (χ4n) is 3.77. The Labute approximate surface area is 164 Å². The van der Waals surface area contributed by atoms with Crippen molar-refractivity contribution < 1.29 is 22.4 Å². The summed E-state index contributed by atoms with van der Waals surface area (Å²) in [6.07, 6.45) is -2.87. The number of alkyl halides is 3. The van der Waals surface area contributed by atoms with E-state index in [0.29, 0.717) is 42.4 Å². The summed E-state index contributed by atoms with van der Waals surface area (Å²) in [6.45, 7) is 5.56. The molecule has 0 saturated carbocycles. The fourth-order valence-corrected chi connectivity index (χ4v) is 3.77. The van der Waals surface area contributed by atoms with Crippen LogP contribution in [-0.4, -0.2) is 36.9 Å². The molecule has 1 atom stereocenters. The molecule has 1 aliphatic heterocycles. The number of rotatable bonds is 3. The summed E-state index contributed by atoms with van der Waals surface area (Å²) in [5.74, 6) is 0.210. The summed E-state index contributed by atoms with van der Waals surface area (Å²) in [5, 5.41) is 4.18. The van der Waals surface area contributed by atoms with E-state index in [9.17, 15) is 18.0 Å². The molecule has 0 aromatic carbocycles. The summed E-state index contributed by atoms with van der Waals surface area (Å²) < 4.78 is 46.8. The summed E-state index contributed by atoms with van der Waals surface area (Å²) >= 11 is 0. The maximum atomic E-state index is 13.5. The van der Waals surface area contributed by atoms with Gasteiger partial charge in [0.15, 0.2) is 11.5 Å². The molecule has 0 bridgehead atoms. The second kappa shape index (κ2) is 6.85. The van der Waals surface area contributed by atoms with E-state index in [-0.39, 0.29) is 17.3 Å². The Balaban J connectivity index is 1.75. The topological polar surface area (TPSA) is 76.5 Å². The van der Waals surface area contributed by atoms with Gasteiger partial charge >= 0.3 is 6.18 Å². The summed E-state index contributed by atoms with van der Waals surface area (Å²) in [4.78, 5) is 23.0. The van der Waals surface area contributed by atoms with E-state index in [0.717, 1.165) is 17.0 Å². The predicted octanol–water partition coefficient (Wildman–Crippen LogP) is 3.89. The van der Waals surface area contributed by atoms with Gasteiger partial charge in [-0.15, -0.1) is 0 Å². The Morgan fingerprint density at radius 2 is 2.03 bits per heavy atom. The molecule has 0 aliphatic carbocycles. The number of fused-ring (bicyclic) bond motifs is 1. The van der Waals surface area contributed by atoms with Gasteiger partial charge in [-0.25, -0.2) is 14.5 Å². The standard InChI is InChI=1S/C19H20F3N5O2/c1-4-12-8-15(19(20,21)22)27-16(24-12)9-13(25-27)14-6-5-7-26(14)18(28)17-10(2)23-11(3)29-17/h8-9,14H,4-7H2,1-3H3/t14-/m0/s1. The Morgan fingerprint density at radius 3 is 2.66 bits per heavy atom. The third-order valence-corrected chi connectivity index (χ3v) is 5.10. The highest BCUT2D eigenvalue weighted by Gasteiger charge is 2.38. The molecule has 4 heterocycles. The minimum atomic E-state index is -4.56. The smallest absolute Gasteiger partial charge is 0.433 e. The van der Waals surface area contributed by atoms with E-state index in [4.69, 9.17) is 4.42 Å². The van der Waals surface area contributed by atoms with E-state index >= 15 is 0 Å². The van der Waals surface area contributed by atoms with Crippen molar-refractivity contribution in [3.8, 4) is 0 Å². The molecule has 3 aromatic heterocycles. The third-order valence-electron chi connectivity index (χ3n) is 5.10. The molecule has 0 unspecified atom stereocenters. The average Bonchev–Trinajstić information content (AvgIpc) is 3.36. The molecule has 0 N–H and O–H groups in total. The second-order valence-electron chi connectivity index (χ2n) is 7.13. The molecule has 0 radical (unpaired) electrons. The normalized spacial score (nSPS) is 17.4. The Bertz CT molecular complexity index is 1090. The number of aromatic nitrogens is 4. The molecule has 3 aromatic rings. The number of amides is 1. The van der Waals surface area contributed by atoms with Crippen molar-refractivity contribution in [3.05, 3.63) is 46.6 Å². The lowest BCUT2D eigenvalue weighted by Crippen LogP contribution is -2.31. The van der Waals surface area contributed by atoms with E-state index in [1.54, 1.807) is 25.7 Å². The van der Waals surface area contributed by atoms with Gasteiger partial charge in [-0.3, -0.25) is 4.79 Å². The van der Waals surface area contributed by atoms with Crippen LogP contribution in [0.15, 0.2) is 16.5 Å². The molecule has 1 amide bonds. The van der Waals surface area contributed by atoms with Gasteiger partial charge in [0.1, 0.15) is 5.69 Å². The Hall–Kier alpha value is -2.91. The first kappa shape index (κ1) is 19.4. The van der Waals surface area contributed by atoms with Crippen LogP contribution in [0.2, 0.25) is 0 Å². The molecule has 4 rings (SSSR count). The number of aryl methyl sites for hydroxylation is 3. The average molecular weight is 407 g/mol. The van der Waals surface area contributed by atoms with Crippen LogP contribution in [0.25, 0.3) is 5.65 Å². The number of nitrogens with zero attached hydrogens (tertiary/aromatic N) is 5. The van der Waals surface area contributed by atoms with Crippen LogP contribution >= 0.6 is 0 Å². The first-order chi connectivity index (χ1) is 13.7. The molecule has 29 heavy (non-hydrogen) atoms. The first-order valence-corrected chi connectivity index (χ1v) is 9.40. The molecule has 7 nitrogen and oxygen atoms in total. The summed E-state index contributed by atoms with van der Waals surface area (Å²) in [5.41, 5.74) is 0.460. The number of hydrogen-bond donors (Lipinski definition) is 0. The van der Waals surface area contributed by atoms with E-state index in [1.165, 1.54) is 6.07 Å². The number of hydrogen-bond acceptors (Lipinski definition) is 5. The highest BCUT2D eigenvalue weighted by molar-refractivity contribution is 5.93. The maximum Gasteiger partial charge on any atom is 0.433 e. The van der Waals surface area contributed by atoms with Crippen LogP contribution in [0.1, 0.15) is 65.0 Å². The van der Waals surface area contributed by atoms with E-state index in [2.05, 4.69) is 15.1 Å². The molecule has 10 heteroatoms. The minimum absolute atomic E-state index is 0.123. The van der Waals surface area contributed by atoms with Crippen LogP contribution in [0.5, 0.6) is 0 Å². The number of oxazole rings is 1. The zero-order chi connectivity index (χ0) is 20.9. The molecule has 1 fully saturated rings. The van der Waals surface area contributed by atoms with Crippen molar-refractivity contribution in [2.45, 2.75) is 52.3 Å². The summed E-state index contributed by atoms with van der Waals surface area (Å²) in [7, 11) is 0. The molecule has 154 valence electrons. The molecule has 1 aliphatic rings. The molecular weight excluding hydrogens is 387 g/mol. The lowest BCUT2D eigenvalue weighted by molar-refractivity contribution is -0.142. The highest BCUT2D eigenvalue weighted by Crippen LogP contribution is 2.35. The lowest BCUT2D eigenvalue weighted by Gasteiger charge is -2.22. The van der Waals surface area contributed by atoms with Crippen LogP contribution < -0.4 is 0 Å². The minimum Gasteiger partial charge on any atom is -0.436 e. The van der Waals surface area contributed by atoms with Crippen LogP contribution in [0, 0.1) is 13.8 Å². The fraction of sp³-hybridized carbons (Fsp3) is 0.474. The lowest BCUT2D eigenvalue weighted by atomic mass is 10.1. The van der Waals surface area contributed by atoms with Crippen molar-refractivity contribution in [1.82, 2.24) is 24.5 Å². The van der Waals surface area contributed by atoms with Gasteiger partial charge in [0.25, 0.3) is 5.91 Å². The maximum absolute atomic E-state index is 13.5. The first-order valence-electron chi connectivity index (χ1n) is 9.40. The highest BCUT2D eigenvalue weighted by atomic mass is 19.4. The molecule has 1 saturated heterocycles. The number of carbonyl (C=O) groups excluding carboxylic acids is 1. The van der Waals surface area contributed by atoms with Crippen LogP contribution in [0.3, 0.4) is 0 Å². The van der Waals surface area contributed by atoms with Crippen molar-refractivity contribution in [3.63, 3.8) is 0 Å². The van der Waals surface area contributed by atoms with E-state index < -0.39 is 17.9 Å². The molecule has 0 spiro atoms. The second-order valence-corrected chi connectivity index (χ2v) is 7.13. The van der Waals surface area contributed by atoms with Crippen LogP contribution in [-0.2, 0) is 12.6 Å². The Morgan fingerprint density at radius 1 is 1.28 bits per heavy atom. The zero-order valence-electron chi connectivity index (χ0n) is 16.2. The zero-order valence-corrected chi connectivity index (χ0v) is 16.2. The largest absolute Gasteiger partial charge is 0.436 e. The van der Waals surface area contributed by atoms with Gasteiger partial charge < -0.3 is 9.32 Å². The van der Waals surface area contributed by atoms with Gasteiger partial charge in [0.05, 0.1) is 17.4 Å². The Kier molecular flexibility index (Phi) is 4.59. The summed E-state index contributed by atoms with van der Waals surface area (Å²) in [6, 6.07) is 2.10. The van der Waals surface area contributed by atoms with Crippen molar-refractivity contribution in [1.29, 1.82) is 0 Å². The van der Waals surface area contributed by atoms with Gasteiger partial charge in [-0.05, 0) is 32.3 Å².